The highest BCUT2D eigenvalue weighted by molar-refractivity contribution is 7.89. The van der Waals surface area contributed by atoms with Gasteiger partial charge in [0, 0.05) is 13.1 Å². The molecule has 21 heavy (non-hydrogen) atoms. The first kappa shape index (κ1) is 17.0. The average molecular weight is 351 g/mol. The fourth-order valence-corrected chi connectivity index (χ4v) is 3.83. The molecule has 0 radical (unpaired) electrons. The Hall–Kier alpha value is -0.330. The van der Waals surface area contributed by atoms with Crippen LogP contribution in [0.25, 0.3) is 0 Å². The van der Waals surface area contributed by atoms with Crippen molar-refractivity contribution in [3.63, 3.8) is 0 Å². The average Bonchev–Trinajstić information content (AvgIpc) is 2.70. The van der Waals surface area contributed by atoms with Gasteiger partial charge < -0.3 is 4.90 Å². The molecule has 2 rings (SSSR count). The van der Waals surface area contributed by atoms with Gasteiger partial charge >= 0.3 is 0 Å². The zero-order valence-corrected chi connectivity index (χ0v) is 14.1. The molecule has 118 valence electrons. The largest absolute Gasteiger partial charge is 0.302 e. The predicted octanol–water partition coefficient (Wildman–Crippen LogP) is 3.15. The molecule has 1 saturated heterocycles. The zero-order chi connectivity index (χ0) is 15.3. The summed E-state index contributed by atoms with van der Waals surface area (Å²) in [5.74, 6) is 0. The maximum atomic E-state index is 12.2. The second-order valence-electron chi connectivity index (χ2n) is 5.23. The van der Waals surface area contributed by atoms with Gasteiger partial charge in [0.1, 0.15) is 0 Å². The van der Waals surface area contributed by atoms with Crippen LogP contribution >= 0.6 is 23.2 Å². The van der Waals surface area contributed by atoms with Crippen LogP contribution in [0.1, 0.15) is 25.7 Å². The molecule has 4 nitrogen and oxygen atoms in total. The fraction of sp³-hybridized carbons (Fsp3) is 0.571. The van der Waals surface area contributed by atoms with Crippen molar-refractivity contribution < 1.29 is 8.42 Å². The van der Waals surface area contributed by atoms with Crippen molar-refractivity contribution >= 4 is 33.2 Å². The van der Waals surface area contributed by atoms with Gasteiger partial charge in [-0.1, -0.05) is 36.0 Å². The van der Waals surface area contributed by atoms with Gasteiger partial charge in [-0.25, -0.2) is 13.1 Å². The predicted molar refractivity (Wildman–Crippen MR) is 86.6 cm³/mol. The molecule has 0 spiro atoms. The minimum atomic E-state index is -3.53. The summed E-state index contributed by atoms with van der Waals surface area (Å²) in [6.45, 7) is 3.24. The van der Waals surface area contributed by atoms with Crippen molar-refractivity contribution in [3.05, 3.63) is 28.2 Å². The van der Waals surface area contributed by atoms with E-state index in [4.69, 9.17) is 23.2 Å². The third kappa shape index (κ3) is 5.11. The van der Waals surface area contributed by atoms with Crippen molar-refractivity contribution in [2.24, 2.45) is 0 Å². The first-order chi connectivity index (χ1) is 9.99. The van der Waals surface area contributed by atoms with E-state index in [1.807, 2.05) is 0 Å². The molecular formula is C14H20Cl2N2O2S. The monoisotopic (exact) mass is 350 g/mol. The van der Waals surface area contributed by atoms with E-state index in [0.29, 0.717) is 11.6 Å². The molecule has 0 aromatic heterocycles. The van der Waals surface area contributed by atoms with Gasteiger partial charge in [0.15, 0.2) is 0 Å². The van der Waals surface area contributed by atoms with Gasteiger partial charge in [-0.3, -0.25) is 0 Å². The highest BCUT2D eigenvalue weighted by Gasteiger charge is 2.16. The van der Waals surface area contributed by atoms with Gasteiger partial charge in [-0.2, -0.15) is 0 Å². The molecule has 7 heteroatoms. The molecule has 0 amide bonds. The van der Waals surface area contributed by atoms with Gasteiger partial charge in [0.2, 0.25) is 10.0 Å². The first-order valence-electron chi connectivity index (χ1n) is 7.16. The van der Waals surface area contributed by atoms with Crippen molar-refractivity contribution in [1.29, 1.82) is 0 Å². The van der Waals surface area contributed by atoms with Crippen LogP contribution in [0.2, 0.25) is 10.0 Å². The molecule has 1 aliphatic heterocycles. The maximum absolute atomic E-state index is 12.2. The first-order valence-corrected chi connectivity index (χ1v) is 9.40. The summed E-state index contributed by atoms with van der Waals surface area (Å²) in [7, 11) is -3.53. The molecule has 1 aromatic carbocycles. The molecule has 0 atom stereocenters. The molecule has 0 aliphatic carbocycles. The number of nitrogens with one attached hydrogen (secondary N) is 1. The van der Waals surface area contributed by atoms with E-state index < -0.39 is 10.0 Å². The van der Waals surface area contributed by atoms with E-state index in [0.717, 1.165) is 19.6 Å². The summed E-state index contributed by atoms with van der Waals surface area (Å²) in [6, 6.07) is 4.33. The number of sulfonamides is 1. The molecule has 1 N–H and O–H groups in total. The van der Waals surface area contributed by atoms with Crippen LogP contribution in [-0.4, -0.2) is 39.5 Å². The number of hydrogen-bond acceptors (Lipinski definition) is 3. The van der Waals surface area contributed by atoms with Crippen molar-refractivity contribution in [1.82, 2.24) is 9.62 Å². The molecular weight excluding hydrogens is 331 g/mol. The number of rotatable bonds is 5. The summed E-state index contributed by atoms with van der Waals surface area (Å²) in [5.41, 5.74) is 0. The lowest BCUT2D eigenvalue weighted by Crippen LogP contribution is -2.35. The number of benzene rings is 1. The van der Waals surface area contributed by atoms with Crippen molar-refractivity contribution in [3.8, 4) is 0 Å². The highest BCUT2D eigenvalue weighted by Crippen LogP contribution is 2.24. The van der Waals surface area contributed by atoms with Gasteiger partial charge in [-0.15, -0.1) is 0 Å². The summed E-state index contributed by atoms with van der Waals surface area (Å²) >= 11 is 11.7. The molecule has 1 heterocycles. The fourth-order valence-electron chi connectivity index (χ4n) is 2.43. The van der Waals surface area contributed by atoms with E-state index in [-0.39, 0.29) is 9.92 Å². The van der Waals surface area contributed by atoms with Gasteiger partial charge in [-0.05, 0) is 44.1 Å². The normalized spacial score (nSPS) is 17.6. The van der Waals surface area contributed by atoms with Gasteiger partial charge in [0.25, 0.3) is 0 Å². The smallest absolute Gasteiger partial charge is 0.240 e. The summed E-state index contributed by atoms with van der Waals surface area (Å²) < 4.78 is 27.0. The topological polar surface area (TPSA) is 49.4 Å². The van der Waals surface area contributed by atoms with Crippen LogP contribution in [0.3, 0.4) is 0 Å². The summed E-state index contributed by atoms with van der Waals surface area (Å²) in [5, 5.41) is 0.590. The second-order valence-corrected chi connectivity index (χ2v) is 7.81. The lowest BCUT2D eigenvalue weighted by atomic mass is 10.2. The van der Waals surface area contributed by atoms with Crippen LogP contribution in [0.5, 0.6) is 0 Å². The molecule has 1 aliphatic rings. The number of nitrogens with zero attached hydrogens (tertiary/aromatic N) is 1. The van der Waals surface area contributed by atoms with Crippen LogP contribution in [-0.2, 0) is 10.0 Å². The van der Waals surface area contributed by atoms with E-state index in [1.165, 1.54) is 43.9 Å². The Labute approximate surface area is 136 Å². The number of halogens is 2. The van der Waals surface area contributed by atoms with Crippen molar-refractivity contribution in [2.75, 3.05) is 26.2 Å². The maximum Gasteiger partial charge on any atom is 0.240 e. The van der Waals surface area contributed by atoms with E-state index in [2.05, 4.69) is 9.62 Å². The molecule has 1 aromatic rings. The van der Waals surface area contributed by atoms with E-state index in [1.54, 1.807) is 0 Å². The second kappa shape index (κ2) is 7.79. The molecule has 0 saturated carbocycles. The lowest BCUT2D eigenvalue weighted by Gasteiger charge is -2.19. The van der Waals surface area contributed by atoms with Crippen LogP contribution < -0.4 is 4.72 Å². The number of likely N-dealkylation sites (tertiary alicyclic amines) is 1. The zero-order valence-electron chi connectivity index (χ0n) is 11.8. The lowest BCUT2D eigenvalue weighted by molar-refractivity contribution is 0.290. The molecule has 0 unspecified atom stereocenters. The standard InChI is InChI=1S/C14H20Cl2N2O2S/c15-13-6-5-12(11-14(13)16)21(19,20)17-7-10-18-8-3-1-2-4-9-18/h5-6,11,17H,1-4,7-10H2. The summed E-state index contributed by atoms with van der Waals surface area (Å²) in [4.78, 5) is 2.46. The van der Waals surface area contributed by atoms with Crippen LogP contribution in [0.15, 0.2) is 23.1 Å². The summed E-state index contributed by atoms with van der Waals surface area (Å²) in [6.07, 6.45) is 4.93. The minimum Gasteiger partial charge on any atom is -0.302 e. The Balaban J connectivity index is 1.90. The highest BCUT2D eigenvalue weighted by atomic mass is 35.5. The van der Waals surface area contributed by atoms with E-state index >= 15 is 0 Å². The third-order valence-electron chi connectivity index (χ3n) is 3.62. The third-order valence-corrected chi connectivity index (χ3v) is 5.82. The van der Waals surface area contributed by atoms with E-state index in [9.17, 15) is 8.42 Å². The Kier molecular flexibility index (Phi) is 6.32. The Morgan fingerprint density at radius 2 is 1.71 bits per heavy atom. The van der Waals surface area contributed by atoms with Crippen molar-refractivity contribution in [2.45, 2.75) is 30.6 Å². The molecule has 1 fully saturated rings. The quantitative estimate of drug-likeness (QED) is 0.887. The Morgan fingerprint density at radius 3 is 2.33 bits per heavy atom. The Morgan fingerprint density at radius 1 is 1.05 bits per heavy atom. The van der Waals surface area contributed by atoms with Crippen LogP contribution in [0.4, 0.5) is 0 Å². The van der Waals surface area contributed by atoms with Crippen LogP contribution in [0, 0.1) is 0 Å². The SMILES string of the molecule is O=S(=O)(NCCN1CCCCCC1)c1ccc(Cl)c(Cl)c1. The van der Waals surface area contributed by atoms with Gasteiger partial charge in [0.05, 0.1) is 14.9 Å². The minimum absolute atomic E-state index is 0.146. The molecule has 0 bridgehead atoms. The number of hydrogen-bond donors (Lipinski definition) is 1. The Bertz CT molecular complexity index is 570.